The first kappa shape index (κ1) is 31.4. The summed E-state index contributed by atoms with van der Waals surface area (Å²) in [5.74, 6) is 0.349. The summed E-state index contributed by atoms with van der Waals surface area (Å²) in [6.07, 6.45) is 1.78. The van der Waals surface area contributed by atoms with Crippen molar-refractivity contribution in [2.75, 3.05) is 26.0 Å². The fraction of sp³-hybridized carbons (Fsp3) is 0.520. The van der Waals surface area contributed by atoms with Crippen molar-refractivity contribution < 1.29 is 18.8 Å². The van der Waals surface area contributed by atoms with Crippen LogP contribution in [0.25, 0.3) is 0 Å². The van der Waals surface area contributed by atoms with Crippen molar-refractivity contribution >= 4 is 34.1 Å². The van der Waals surface area contributed by atoms with Crippen LogP contribution in [0.3, 0.4) is 0 Å². The van der Waals surface area contributed by atoms with Gasteiger partial charge in [0.15, 0.2) is 5.84 Å². The number of amides is 1. The summed E-state index contributed by atoms with van der Waals surface area (Å²) in [6.45, 7) is 12.8. The number of aromatic nitrogens is 2. The molecule has 2 heterocycles. The van der Waals surface area contributed by atoms with E-state index >= 15 is 0 Å². The molecule has 0 saturated carbocycles. The standard InChI is InChI=1S/C18H20BrFN6O2.C5H12O.C2H6/c1-10-16-15(25-18(21)23-10)8-14(12-4-3-11(20)7-13(12)19)24-17(16)26-28-6-2-5-22-9-27;1-5(2,3)6-4;1-2/h3-4,7,9,14H,2,5-6,8H2,1H3,(H,22,27)(H,24,26)(H2,21,23,25);1-4H3;1-2H3/t14-;;/m1../s1. The highest BCUT2D eigenvalue weighted by Crippen LogP contribution is 2.34. The smallest absolute Gasteiger partial charge is 0.220 e. The number of amidine groups is 1. The van der Waals surface area contributed by atoms with E-state index in [0.717, 1.165) is 16.8 Å². The van der Waals surface area contributed by atoms with Crippen LogP contribution in [0.5, 0.6) is 0 Å². The number of ether oxygens (including phenoxy) is 1. The molecule has 1 amide bonds. The molecule has 0 aliphatic carbocycles. The number of nitrogens with one attached hydrogen (secondary N) is 2. The van der Waals surface area contributed by atoms with Crippen LogP contribution >= 0.6 is 15.9 Å². The van der Waals surface area contributed by atoms with E-state index in [1.807, 2.05) is 41.5 Å². The summed E-state index contributed by atoms with van der Waals surface area (Å²) >= 11 is 3.41. The molecule has 1 aliphatic rings. The summed E-state index contributed by atoms with van der Waals surface area (Å²) in [7, 11) is 1.71. The Bertz CT molecular complexity index is 1010. The Morgan fingerprint density at radius 1 is 1.28 bits per heavy atom. The van der Waals surface area contributed by atoms with Gasteiger partial charge in [-0.2, -0.15) is 0 Å². The number of fused-ring (bicyclic) bond motifs is 1. The monoisotopic (exact) mass is 568 g/mol. The maximum absolute atomic E-state index is 13.5. The molecule has 4 N–H and O–H groups in total. The Hall–Kier alpha value is -2.63. The lowest BCUT2D eigenvalue weighted by molar-refractivity contribution is -0.109. The molecule has 1 aromatic carbocycles. The Morgan fingerprint density at radius 2 is 1.94 bits per heavy atom. The molecule has 0 saturated heterocycles. The van der Waals surface area contributed by atoms with Gasteiger partial charge in [-0.05, 0) is 51.8 Å². The van der Waals surface area contributed by atoms with Gasteiger partial charge in [0.25, 0.3) is 0 Å². The molecule has 11 heteroatoms. The van der Waals surface area contributed by atoms with E-state index in [-0.39, 0.29) is 23.4 Å². The molecule has 0 radical (unpaired) electrons. The van der Waals surface area contributed by atoms with Gasteiger partial charge in [0, 0.05) is 24.5 Å². The number of nitrogens with two attached hydrogens (primary N) is 1. The van der Waals surface area contributed by atoms with Crippen molar-refractivity contribution in [1.29, 1.82) is 0 Å². The summed E-state index contributed by atoms with van der Waals surface area (Å²) in [5.41, 5.74) is 11.7. The molecule has 1 aromatic heterocycles. The Labute approximate surface area is 221 Å². The summed E-state index contributed by atoms with van der Waals surface area (Å²) < 4.78 is 19.0. The number of halogens is 2. The molecular formula is C25H38BrFN6O3. The van der Waals surface area contributed by atoms with E-state index in [0.29, 0.717) is 48.4 Å². The molecular weight excluding hydrogens is 531 g/mol. The third kappa shape index (κ3) is 10.2. The van der Waals surface area contributed by atoms with Crippen LogP contribution in [0.15, 0.2) is 27.7 Å². The third-order valence-corrected chi connectivity index (χ3v) is 5.53. The lowest BCUT2D eigenvalue weighted by Crippen LogP contribution is -2.32. The number of aryl methyl sites for hydroxylation is 1. The normalized spacial score (nSPS) is 14.2. The van der Waals surface area contributed by atoms with Crippen LogP contribution < -0.4 is 16.5 Å². The number of hydrogen-bond acceptors (Lipinski definition) is 8. The molecule has 36 heavy (non-hydrogen) atoms. The fourth-order valence-corrected chi connectivity index (χ4v) is 3.63. The predicted molar refractivity (Wildman–Crippen MR) is 144 cm³/mol. The van der Waals surface area contributed by atoms with Gasteiger partial charge in [0.2, 0.25) is 12.4 Å². The predicted octanol–water partition coefficient (Wildman–Crippen LogP) is 4.43. The summed E-state index contributed by atoms with van der Waals surface area (Å²) in [6, 6.07) is 4.20. The first-order valence-corrected chi connectivity index (χ1v) is 12.6. The van der Waals surface area contributed by atoms with Crippen LogP contribution in [-0.2, 0) is 20.8 Å². The van der Waals surface area contributed by atoms with Crippen LogP contribution in [0.4, 0.5) is 10.3 Å². The first-order valence-electron chi connectivity index (χ1n) is 11.8. The largest absolute Gasteiger partial charge is 0.379 e. The number of hydrogen-bond donors (Lipinski definition) is 3. The van der Waals surface area contributed by atoms with E-state index in [9.17, 15) is 9.18 Å². The Kier molecular flexibility index (Phi) is 13.5. The topological polar surface area (TPSA) is 124 Å². The highest BCUT2D eigenvalue weighted by Gasteiger charge is 2.27. The van der Waals surface area contributed by atoms with Crippen LogP contribution in [0, 0.1) is 12.7 Å². The quantitative estimate of drug-likeness (QED) is 0.256. The maximum atomic E-state index is 13.5. The number of anilines is 1. The average Bonchev–Trinajstić information content (AvgIpc) is 2.82. The minimum atomic E-state index is -0.330. The van der Waals surface area contributed by atoms with Crippen LogP contribution in [0.2, 0.25) is 0 Å². The maximum Gasteiger partial charge on any atom is 0.220 e. The van der Waals surface area contributed by atoms with Gasteiger partial charge in [-0.25, -0.2) is 19.8 Å². The molecule has 1 atom stereocenters. The van der Waals surface area contributed by atoms with E-state index in [4.69, 9.17) is 20.3 Å². The Morgan fingerprint density at radius 3 is 2.53 bits per heavy atom. The zero-order valence-corrected chi connectivity index (χ0v) is 23.7. The van der Waals surface area contributed by atoms with Crippen molar-refractivity contribution in [3.05, 3.63) is 51.0 Å². The molecule has 3 rings (SSSR count). The van der Waals surface area contributed by atoms with Crippen molar-refractivity contribution in [3.63, 3.8) is 0 Å². The van der Waals surface area contributed by atoms with Gasteiger partial charge in [0.1, 0.15) is 5.82 Å². The number of carbonyl (C=O) groups is 1. The summed E-state index contributed by atoms with van der Waals surface area (Å²) in [4.78, 5) is 29.1. The highest BCUT2D eigenvalue weighted by atomic mass is 79.9. The molecule has 2 aromatic rings. The second kappa shape index (κ2) is 15.5. The number of rotatable bonds is 7. The van der Waals surface area contributed by atoms with Crippen LogP contribution in [-0.4, -0.2) is 48.1 Å². The van der Waals surface area contributed by atoms with Gasteiger partial charge in [-0.15, -0.1) is 0 Å². The molecule has 200 valence electrons. The third-order valence-electron chi connectivity index (χ3n) is 4.84. The zero-order chi connectivity index (χ0) is 27.3. The number of nitrogens with zero attached hydrogens (tertiary/aromatic N) is 3. The number of benzene rings is 1. The van der Waals surface area contributed by atoms with Gasteiger partial charge in [-0.3, -0.25) is 14.6 Å². The van der Waals surface area contributed by atoms with E-state index in [1.165, 1.54) is 12.1 Å². The van der Waals surface area contributed by atoms with Gasteiger partial charge in [-0.1, -0.05) is 35.8 Å². The SMILES string of the molecule is CC.COC(C)(C)C.Cc1nc(N)nc2c1C(NOCCCNC=O)=N[C@@H](c1ccc(F)cc1Br)C2. The first-order chi connectivity index (χ1) is 17.1. The lowest BCUT2D eigenvalue weighted by Gasteiger charge is -2.25. The molecule has 9 nitrogen and oxygen atoms in total. The average molecular weight is 570 g/mol. The molecule has 1 aliphatic heterocycles. The minimum absolute atomic E-state index is 0.0417. The minimum Gasteiger partial charge on any atom is -0.379 e. The zero-order valence-electron chi connectivity index (χ0n) is 22.1. The second-order valence-electron chi connectivity index (χ2n) is 8.54. The van der Waals surface area contributed by atoms with E-state index < -0.39 is 0 Å². The van der Waals surface area contributed by atoms with E-state index in [2.05, 4.69) is 36.7 Å². The number of hydroxylamine groups is 1. The van der Waals surface area contributed by atoms with Crippen molar-refractivity contribution in [1.82, 2.24) is 20.8 Å². The second-order valence-corrected chi connectivity index (χ2v) is 9.40. The molecule has 0 spiro atoms. The molecule has 0 fully saturated rings. The number of methoxy groups -OCH3 is 1. The fourth-order valence-electron chi connectivity index (χ4n) is 3.01. The van der Waals surface area contributed by atoms with Crippen molar-refractivity contribution in [2.24, 2.45) is 4.99 Å². The highest BCUT2D eigenvalue weighted by molar-refractivity contribution is 9.10. The van der Waals surface area contributed by atoms with E-state index in [1.54, 1.807) is 13.2 Å². The number of nitrogen functional groups attached to an aromatic ring is 1. The Balaban J connectivity index is 0.000000710. The van der Waals surface area contributed by atoms with Gasteiger partial charge >= 0.3 is 0 Å². The summed E-state index contributed by atoms with van der Waals surface area (Å²) in [5, 5.41) is 2.57. The van der Waals surface area contributed by atoms with Gasteiger partial charge in [0.05, 0.1) is 35.2 Å². The van der Waals surface area contributed by atoms with Crippen molar-refractivity contribution in [2.45, 2.75) is 66.0 Å². The van der Waals surface area contributed by atoms with Crippen molar-refractivity contribution in [3.8, 4) is 0 Å². The number of carbonyl (C=O) groups excluding carboxylic acids is 1. The lowest BCUT2D eigenvalue weighted by atomic mass is 9.95. The van der Waals surface area contributed by atoms with Gasteiger partial charge < -0.3 is 15.8 Å². The molecule has 0 unspecified atom stereocenters. The van der Waals surface area contributed by atoms with Crippen LogP contribution in [0.1, 0.15) is 69.6 Å². The number of aliphatic imine (C=N–C) groups is 1. The molecule has 0 bridgehead atoms.